The molecule has 0 unspecified atom stereocenters. The van der Waals surface area contributed by atoms with Gasteiger partial charge in [0.1, 0.15) is 11.5 Å². The van der Waals surface area contributed by atoms with Crippen molar-refractivity contribution in [1.29, 1.82) is 0 Å². The number of carbonyl (C=O) groups is 1. The normalized spacial score (nSPS) is 13.3. The zero-order chi connectivity index (χ0) is 20.7. The van der Waals surface area contributed by atoms with Gasteiger partial charge in [0.25, 0.3) is 5.91 Å². The largest absolute Gasteiger partial charge is 0.507 e. The molecular formula is C23H19BrClNO3. The lowest BCUT2D eigenvalue weighted by Crippen LogP contribution is -2.36. The van der Waals surface area contributed by atoms with Crippen LogP contribution in [0.4, 0.5) is 0 Å². The van der Waals surface area contributed by atoms with Crippen molar-refractivity contribution in [1.82, 2.24) is 4.90 Å². The molecule has 1 aliphatic heterocycles. The summed E-state index contributed by atoms with van der Waals surface area (Å²) in [6.45, 7) is 2.86. The minimum atomic E-state index is -0.186. The van der Waals surface area contributed by atoms with E-state index < -0.39 is 0 Å². The average molecular weight is 473 g/mol. The third kappa shape index (κ3) is 3.72. The second-order valence-electron chi connectivity index (χ2n) is 7.21. The average Bonchev–Trinajstić information content (AvgIpc) is 2.70. The molecule has 148 valence electrons. The molecule has 3 aromatic carbocycles. The lowest BCUT2D eigenvalue weighted by Gasteiger charge is -2.30. The van der Waals surface area contributed by atoms with Gasteiger partial charge < -0.3 is 15.1 Å². The molecule has 0 fully saturated rings. The van der Waals surface area contributed by atoms with Crippen molar-refractivity contribution >= 4 is 33.4 Å². The third-order valence-electron chi connectivity index (χ3n) is 5.31. The molecule has 0 radical (unpaired) electrons. The molecule has 3 aromatic rings. The number of amides is 1. The highest BCUT2D eigenvalue weighted by molar-refractivity contribution is 9.10. The van der Waals surface area contributed by atoms with Crippen molar-refractivity contribution in [2.75, 3.05) is 6.54 Å². The van der Waals surface area contributed by atoms with Crippen LogP contribution >= 0.6 is 27.5 Å². The van der Waals surface area contributed by atoms with Crippen molar-refractivity contribution in [3.63, 3.8) is 0 Å². The molecule has 0 bridgehead atoms. The van der Waals surface area contributed by atoms with Gasteiger partial charge in [-0.3, -0.25) is 4.79 Å². The van der Waals surface area contributed by atoms with Gasteiger partial charge in [0, 0.05) is 17.6 Å². The molecule has 0 spiro atoms. The first-order valence-corrected chi connectivity index (χ1v) is 10.4. The van der Waals surface area contributed by atoms with E-state index in [-0.39, 0.29) is 17.4 Å². The van der Waals surface area contributed by atoms with E-state index in [0.717, 1.165) is 26.7 Å². The van der Waals surface area contributed by atoms with Crippen molar-refractivity contribution in [3.05, 3.63) is 80.3 Å². The molecule has 4 nitrogen and oxygen atoms in total. The van der Waals surface area contributed by atoms with Crippen LogP contribution in [-0.4, -0.2) is 27.6 Å². The maximum absolute atomic E-state index is 12.9. The van der Waals surface area contributed by atoms with Gasteiger partial charge in [0.15, 0.2) is 0 Å². The topological polar surface area (TPSA) is 60.8 Å². The van der Waals surface area contributed by atoms with Crippen molar-refractivity contribution in [2.24, 2.45) is 0 Å². The quantitative estimate of drug-likeness (QED) is 0.504. The number of benzene rings is 3. The Morgan fingerprint density at radius 1 is 1.14 bits per heavy atom. The number of halogens is 2. The summed E-state index contributed by atoms with van der Waals surface area (Å²) >= 11 is 9.48. The van der Waals surface area contributed by atoms with Gasteiger partial charge in [-0.05, 0) is 71.5 Å². The summed E-state index contributed by atoms with van der Waals surface area (Å²) < 4.78 is 0.725. The van der Waals surface area contributed by atoms with Gasteiger partial charge in [-0.2, -0.15) is 0 Å². The van der Waals surface area contributed by atoms with Crippen LogP contribution in [0, 0.1) is 6.92 Å². The smallest absolute Gasteiger partial charge is 0.257 e. The standard InChI is InChI=1S/C23H19BrClNO3/c1-13-9-15(10-20(25)22(13)28)17-4-2-3-14-12-26(8-7-18(14)17)23(29)19-6-5-16(24)11-21(19)27/h2-6,9-11,27-28H,7-8,12H2,1H3. The Bertz CT molecular complexity index is 1110. The molecule has 0 saturated carbocycles. The molecule has 0 aromatic heterocycles. The van der Waals surface area contributed by atoms with Crippen LogP contribution in [0.2, 0.25) is 5.02 Å². The number of carbonyl (C=O) groups excluding carboxylic acids is 1. The van der Waals surface area contributed by atoms with Crippen LogP contribution in [0.3, 0.4) is 0 Å². The molecule has 0 aliphatic carbocycles. The molecule has 1 heterocycles. The van der Waals surface area contributed by atoms with E-state index in [2.05, 4.69) is 15.9 Å². The number of fused-ring (bicyclic) bond motifs is 1. The van der Waals surface area contributed by atoms with Gasteiger partial charge in [-0.15, -0.1) is 0 Å². The predicted molar refractivity (Wildman–Crippen MR) is 118 cm³/mol. The van der Waals surface area contributed by atoms with Crippen LogP contribution in [0.1, 0.15) is 27.0 Å². The molecule has 0 atom stereocenters. The number of nitrogens with zero attached hydrogens (tertiary/aromatic N) is 1. The van der Waals surface area contributed by atoms with E-state index in [1.165, 1.54) is 11.6 Å². The minimum absolute atomic E-state index is 0.0295. The Balaban J connectivity index is 1.66. The summed E-state index contributed by atoms with van der Waals surface area (Å²) in [5.41, 5.74) is 5.29. The third-order valence-corrected chi connectivity index (χ3v) is 6.09. The Morgan fingerprint density at radius 2 is 1.93 bits per heavy atom. The van der Waals surface area contributed by atoms with Gasteiger partial charge in [-0.25, -0.2) is 0 Å². The van der Waals surface area contributed by atoms with Gasteiger partial charge in [-0.1, -0.05) is 45.7 Å². The zero-order valence-electron chi connectivity index (χ0n) is 15.7. The summed E-state index contributed by atoms with van der Waals surface area (Å²) in [5.74, 6) is -0.112. The fourth-order valence-corrected chi connectivity index (χ4v) is 4.42. The summed E-state index contributed by atoms with van der Waals surface area (Å²) in [6.07, 6.45) is 0.700. The molecular weight excluding hydrogens is 454 g/mol. The first-order chi connectivity index (χ1) is 13.8. The summed E-state index contributed by atoms with van der Waals surface area (Å²) in [7, 11) is 0. The summed E-state index contributed by atoms with van der Waals surface area (Å²) in [5, 5.41) is 20.4. The molecule has 4 rings (SSSR count). The number of rotatable bonds is 2. The molecule has 2 N–H and O–H groups in total. The highest BCUT2D eigenvalue weighted by atomic mass is 79.9. The molecule has 29 heavy (non-hydrogen) atoms. The maximum Gasteiger partial charge on any atom is 0.257 e. The first kappa shape index (κ1) is 19.8. The van der Waals surface area contributed by atoms with Crippen LogP contribution in [0.5, 0.6) is 11.5 Å². The summed E-state index contributed by atoms with van der Waals surface area (Å²) in [4.78, 5) is 14.7. The maximum atomic E-state index is 12.9. The number of phenols is 2. The lowest BCUT2D eigenvalue weighted by molar-refractivity contribution is 0.0731. The predicted octanol–water partition coefficient (Wildman–Crippen LogP) is 5.69. The Kier molecular flexibility index (Phi) is 5.28. The molecule has 1 aliphatic rings. The number of hydrogen-bond acceptors (Lipinski definition) is 3. The first-order valence-electron chi connectivity index (χ1n) is 9.23. The highest BCUT2D eigenvalue weighted by Gasteiger charge is 2.25. The van der Waals surface area contributed by atoms with E-state index in [4.69, 9.17) is 11.6 Å². The second-order valence-corrected chi connectivity index (χ2v) is 8.53. The minimum Gasteiger partial charge on any atom is -0.507 e. The highest BCUT2D eigenvalue weighted by Crippen LogP contribution is 2.37. The zero-order valence-corrected chi connectivity index (χ0v) is 18.1. The number of hydrogen-bond donors (Lipinski definition) is 2. The van der Waals surface area contributed by atoms with E-state index in [1.807, 2.05) is 31.2 Å². The monoisotopic (exact) mass is 471 g/mol. The van der Waals surface area contributed by atoms with Crippen LogP contribution in [0.25, 0.3) is 11.1 Å². The fourth-order valence-electron chi connectivity index (χ4n) is 3.80. The Hall–Kier alpha value is -2.50. The SMILES string of the molecule is Cc1cc(-c2cccc3c2CCN(C(=O)c2ccc(Br)cc2O)C3)cc(Cl)c1O. The molecule has 1 amide bonds. The van der Waals surface area contributed by atoms with Gasteiger partial charge in [0.05, 0.1) is 10.6 Å². The van der Waals surface area contributed by atoms with E-state index in [0.29, 0.717) is 30.1 Å². The fraction of sp³-hybridized carbons (Fsp3) is 0.174. The van der Waals surface area contributed by atoms with E-state index in [9.17, 15) is 15.0 Å². The van der Waals surface area contributed by atoms with E-state index in [1.54, 1.807) is 23.1 Å². The Morgan fingerprint density at radius 3 is 2.66 bits per heavy atom. The van der Waals surface area contributed by atoms with Gasteiger partial charge >= 0.3 is 0 Å². The number of aromatic hydroxyl groups is 2. The van der Waals surface area contributed by atoms with Crippen LogP contribution in [-0.2, 0) is 13.0 Å². The van der Waals surface area contributed by atoms with Crippen molar-refractivity contribution in [2.45, 2.75) is 19.9 Å². The molecule has 6 heteroatoms. The van der Waals surface area contributed by atoms with Gasteiger partial charge in [0.2, 0.25) is 0 Å². The molecule has 0 saturated heterocycles. The second kappa shape index (κ2) is 7.73. The van der Waals surface area contributed by atoms with Crippen LogP contribution < -0.4 is 0 Å². The van der Waals surface area contributed by atoms with Crippen molar-refractivity contribution < 1.29 is 15.0 Å². The summed E-state index contributed by atoms with van der Waals surface area (Å²) in [6, 6.07) is 14.6. The Labute approximate surface area is 182 Å². The van der Waals surface area contributed by atoms with Crippen molar-refractivity contribution in [3.8, 4) is 22.6 Å². The lowest BCUT2D eigenvalue weighted by atomic mass is 9.90. The number of aryl methyl sites for hydroxylation is 1. The number of phenolic OH excluding ortho intramolecular Hbond substituents is 2. The van der Waals surface area contributed by atoms with Crippen LogP contribution in [0.15, 0.2) is 53.0 Å². The van der Waals surface area contributed by atoms with E-state index >= 15 is 0 Å².